The zero-order chi connectivity index (χ0) is 19.2. The smallest absolute Gasteiger partial charge is 0.224 e. The molecular weight excluding hydrogens is 340 g/mol. The highest BCUT2D eigenvalue weighted by Gasteiger charge is 2.33. The van der Waals surface area contributed by atoms with E-state index in [-0.39, 0.29) is 23.8 Å². The lowest BCUT2D eigenvalue weighted by atomic mass is 9.93. The van der Waals surface area contributed by atoms with E-state index in [4.69, 9.17) is 15.2 Å². The SMILES string of the molecule is COc1cccc(C(NC(=O)[C@@H]2CCC[C@@H]2CN)c2cccc(OC)c2)c1. The molecule has 5 heteroatoms. The monoisotopic (exact) mass is 368 g/mol. The third kappa shape index (κ3) is 4.42. The second-order valence-electron chi connectivity index (χ2n) is 7.03. The molecule has 1 aliphatic rings. The molecule has 1 amide bonds. The molecule has 1 fully saturated rings. The Hall–Kier alpha value is -2.53. The highest BCUT2D eigenvalue weighted by molar-refractivity contribution is 5.80. The molecule has 0 saturated heterocycles. The molecule has 2 aromatic rings. The lowest BCUT2D eigenvalue weighted by Gasteiger charge is -2.25. The van der Waals surface area contributed by atoms with Crippen LogP contribution in [0, 0.1) is 11.8 Å². The summed E-state index contributed by atoms with van der Waals surface area (Å²) in [6.45, 7) is 0.557. The minimum Gasteiger partial charge on any atom is -0.497 e. The third-order valence-corrected chi connectivity index (χ3v) is 5.44. The van der Waals surface area contributed by atoms with E-state index in [9.17, 15) is 4.79 Å². The van der Waals surface area contributed by atoms with Gasteiger partial charge in [0, 0.05) is 5.92 Å². The predicted octanol–water partition coefficient (Wildman–Crippen LogP) is 3.28. The average Bonchev–Trinajstić information content (AvgIpc) is 3.21. The zero-order valence-electron chi connectivity index (χ0n) is 16.0. The van der Waals surface area contributed by atoms with Crippen LogP contribution in [0.5, 0.6) is 11.5 Å². The molecule has 1 saturated carbocycles. The first-order valence-corrected chi connectivity index (χ1v) is 9.44. The number of benzene rings is 2. The highest BCUT2D eigenvalue weighted by atomic mass is 16.5. The van der Waals surface area contributed by atoms with E-state index in [1.165, 1.54) is 0 Å². The Labute approximate surface area is 160 Å². The quantitative estimate of drug-likeness (QED) is 0.787. The summed E-state index contributed by atoms with van der Waals surface area (Å²) in [4.78, 5) is 13.1. The Morgan fingerprint density at radius 3 is 2.19 bits per heavy atom. The highest BCUT2D eigenvalue weighted by Crippen LogP contribution is 2.33. The number of hydrogen-bond acceptors (Lipinski definition) is 4. The normalized spacial score (nSPS) is 19.1. The number of nitrogens with one attached hydrogen (secondary N) is 1. The van der Waals surface area contributed by atoms with Gasteiger partial charge in [-0.3, -0.25) is 4.79 Å². The van der Waals surface area contributed by atoms with E-state index in [2.05, 4.69) is 5.32 Å². The molecule has 3 rings (SSSR count). The summed E-state index contributed by atoms with van der Waals surface area (Å²) in [5.41, 5.74) is 7.82. The van der Waals surface area contributed by atoms with Gasteiger partial charge in [0.25, 0.3) is 0 Å². The second-order valence-corrected chi connectivity index (χ2v) is 7.03. The molecule has 0 unspecified atom stereocenters. The Morgan fingerprint density at radius 2 is 1.67 bits per heavy atom. The summed E-state index contributed by atoms with van der Waals surface area (Å²) in [6.07, 6.45) is 2.98. The minimum atomic E-state index is -0.276. The van der Waals surface area contributed by atoms with Gasteiger partial charge >= 0.3 is 0 Å². The molecule has 3 N–H and O–H groups in total. The molecule has 2 aromatic carbocycles. The van der Waals surface area contributed by atoms with Crippen LogP contribution in [0.25, 0.3) is 0 Å². The van der Waals surface area contributed by atoms with Crippen LogP contribution in [-0.2, 0) is 4.79 Å². The summed E-state index contributed by atoms with van der Waals surface area (Å²) in [5.74, 6) is 1.83. The first-order valence-electron chi connectivity index (χ1n) is 9.44. The van der Waals surface area contributed by atoms with E-state index < -0.39 is 0 Å². The minimum absolute atomic E-state index is 0.0197. The maximum absolute atomic E-state index is 13.1. The number of methoxy groups -OCH3 is 2. The number of amides is 1. The lowest BCUT2D eigenvalue weighted by Crippen LogP contribution is -2.37. The van der Waals surface area contributed by atoms with Gasteiger partial charge < -0.3 is 20.5 Å². The molecule has 2 atom stereocenters. The van der Waals surface area contributed by atoms with Crippen molar-refractivity contribution < 1.29 is 14.3 Å². The Morgan fingerprint density at radius 1 is 1.07 bits per heavy atom. The van der Waals surface area contributed by atoms with E-state index in [0.717, 1.165) is 41.9 Å². The maximum atomic E-state index is 13.1. The van der Waals surface area contributed by atoms with Crippen LogP contribution < -0.4 is 20.5 Å². The molecule has 0 aliphatic heterocycles. The summed E-state index contributed by atoms with van der Waals surface area (Å²) < 4.78 is 10.7. The van der Waals surface area contributed by atoms with Gasteiger partial charge in [0.1, 0.15) is 11.5 Å². The Balaban J connectivity index is 1.92. The Kier molecular flexibility index (Phi) is 6.35. The predicted molar refractivity (Wildman–Crippen MR) is 106 cm³/mol. The molecule has 0 spiro atoms. The second kappa shape index (κ2) is 8.91. The largest absolute Gasteiger partial charge is 0.497 e. The molecule has 27 heavy (non-hydrogen) atoms. The van der Waals surface area contributed by atoms with Gasteiger partial charge in [-0.2, -0.15) is 0 Å². The number of nitrogens with two attached hydrogens (primary N) is 1. The molecule has 0 bridgehead atoms. The first kappa shape index (κ1) is 19.2. The third-order valence-electron chi connectivity index (χ3n) is 5.44. The van der Waals surface area contributed by atoms with Crippen molar-refractivity contribution in [3.8, 4) is 11.5 Å². The van der Waals surface area contributed by atoms with Gasteiger partial charge in [-0.15, -0.1) is 0 Å². The van der Waals surface area contributed by atoms with Crippen molar-refractivity contribution in [3.05, 3.63) is 59.7 Å². The Bertz CT molecular complexity index is 730. The van der Waals surface area contributed by atoms with Crippen LogP contribution in [0.15, 0.2) is 48.5 Å². The standard InChI is InChI=1S/C22H28N2O3/c1-26-18-9-3-6-15(12-18)21(16-7-4-10-19(13-16)27-2)24-22(25)20-11-5-8-17(20)14-23/h3-4,6-7,9-10,12-13,17,20-21H,5,8,11,14,23H2,1-2H3,(H,24,25)/t17-,20-/m1/s1. The number of hydrogen-bond donors (Lipinski definition) is 2. The summed E-state index contributed by atoms with van der Waals surface area (Å²) >= 11 is 0. The molecule has 5 nitrogen and oxygen atoms in total. The molecular formula is C22H28N2O3. The number of ether oxygens (including phenoxy) is 2. The van der Waals surface area contributed by atoms with Gasteiger partial charge in [-0.25, -0.2) is 0 Å². The van der Waals surface area contributed by atoms with Crippen molar-refractivity contribution in [1.29, 1.82) is 0 Å². The van der Waals surface area contributed by atoms with Crippen LogP contribution in [-0.4, -0.2) is 26.7 Å². The first-order chi connectivity index (χ1) is 13.2. The molecule has 1 aliphatic carbocycles. The lowest BCUT2D eigenvalue weighted by molar-refractivity contribution is -0.126. The number of carbonyl (C=O) groups excluding carboxylic acids is 1. The molecule has 0 heterocycles. The van der Waals surface area contributed by atoms with Crippen LogP contribution in [0.4, 0.5) is 0 Å². The van der Waals surface area contributed by atoms with Gasteiger partial charge in [0.15, 0.2) is 0 Å². The van der Waals surface area contributed by atoms with Crippen molar-refractivity contribution in [2.45, 2.75) is 25.3 Å². The van der Waals surface area contributed by atoms with Crippen LogP contribution >= 0.6 is 0 Å². The summed E-state index contributed by atoms with van der Waals surface area (Å²) in [5, 5.41) is 3.25. The van der Waals surface area contributed by atoms with Crippen LogP contribution in [0.1, 0.15) is 36.4 Å². The molecule has 0 aromatic heterocycles. The van der Waals surface area contributed by atoms with Crippen LogP contribution in [0.2, 0.25) is 0 Å². The van der Waals surface area contributed by atoms with Crippen molar-refractivity contribution in [2.75, 3.05) is 20.8 Å². The zero-order valence-corrected chi connectivity index (χ0v) is 16.0. The van der Waals surface area contributed by atoms with Crippen molar-refractivity contribution in [2.24, 2.45) is 17.6 Å². The van der Waals surface area contributed by atoms with E-state index in [1.807, 2.05) is 48.5 Å². The van der Waals surface area contributed by atoms with E-state index in [1.54, 1.807) is 14.2 Å². The fourth-order valence-electron chi connectivity index (χ4n) is 3.91. The van der Waals surface area contributed by atoms with Crippen molar-refractivity contribution >= 4 is 5.91 Å². The fourth-order valence-corrected chi connectivity index (χ4v) is 3.91. The van der Waals surface area contributed by atoms with E-state index >= 15 is 0 Å². The van der Waals surface area contributed by atoms with Gasteiger partial charge in [-0.1, -0.05) is 30.7 Å². The molecule has 144 valence electrons. The number of rotatable bonds is 7. The van der Waals surface area contributed by atoms with Crippen molar-refractivity contribution in [3.63, 3.8) is 0 Å². The maximum Gasteiger partial charge on any atom is 0.224 e. The van der Waals surface area contributed by atoms with Gasteiger partial charge in [0.2, 0.25) is 5.91 Å². The van der Waals surface area contributed by atoms with Crippen molar-refractivity contribution in [1.82, 2.24) is 5.32 Å². The summed E-state index contributed by atoms with van der Waals surface area (Å²) in [6, 6.07) is 15.3. The van der Waals surface area contributed by atoms with Crippen LogP contribution in [0.3, 0.4) is 0 Å². The number of carbonyl (C=O) groups is 1. The average molecular weight is 368 g/mol. The summed E-state index contributed by atoms with van der Waals surface area (Å²) in [7, 11) is 3.28. The van der Waals surface area contributed by atoms with Gasteiger partial charge in [-0.05, 0) is 60.7 Å². The fraction of sp³-hybridized carbons (Fsp3) is 0.409. The topological polar surface area (TPSA) is 73.6 Å². The molecule has 0 radical (unpaired) electrons. The van der Waals surface area contributed by atoms with E-state index in [0.29, 0.717) is 6.54 Å². The van der Waals surface area contributed by atoms with Gasteiger partial charge in [0.05, 0.1) is 20.3 Å².